The Labute approximate surface area is 170 Å². The average Bonchev–Trinajstić information content (AvgIpc) is 3.31. The molecule has 1 aromatic heterocycles. The van der Waals surface area contributed by atoms with Crippen LogP contribution < -0.4 is 4.90 Å². The minimum atomic E-state index is -4.44. The van der Waals surface area contributed by atoms with Crippen LogP contribution in [0.3, 0.4) is 0 Å². The molecule has 154 valence electrons. The average molecular weight is 415 g/mol. The van der Waals surface area contributed by atoms with E-state index in [4.69, 9.17) is 4.52 Å². The van der Waals surface area contributed by atoms with Crippen molar-refractivity contribution in [1.29, 1.82) is 5.26 Å². The number of nitrogens with zero attached hydrogens (tertiary/aromatic N) is 3. The van der Waals surface area contributed by atoms with Crippen molar-refractivity contribution >= 4 is 5.69 Å². The van der Waals surface area contributed by atoms with E-state index in [1.165, 1.54) is 12.1 Å². The minimum Gasteiger partial charge on any atom is -0.362 e. The summed E-state index contributed by atoms with van der Waals surface area (Å²) in [4.78, 5) is 2.03. The van der Waals surface area contributed by atoms with Gasteiger partial charge in [-0.3, -0.25) is 0 Å². The zero-order chi connectivity index (χ0) is 21.5. The number of aromatic nitrogens is 1. The maximum absolute atomic E-state index is 13.5. The van der Waals surface area contributed by atoms with Crippen LogP contribution in [0.25, 0.3) is 11.3 Å². The molecule has 0 saturated heterocycles. The fraction of sp³-hybridized carbons (Fsp3) is 0.273. The van der Waals surface area contributed by atoms with Gasteiger partial charge in [0.25, 0.3) is 0 Å². The fourth-order valence-electron chi connectivity index (χ4n) is 3.86. The Morgan fingerprint density at radius 2 is 2.03 bits per heavy atom. The van der Waals surface area contributed by atoms with Crippen molar-refractivity contribution in [3.63, 3.8) is 0 Å². The molecule has 2 aromatic carbocycles. The van der Waals surface area contributed by atoms with Crippen molar-refractivity contribution in [1.82, 2.24) is 5.16 Å². The fourth-order valence-corrected chi connectivity index (χ4v) is 3.86. The van der Waals surface area contributed by atoms with Gasteiger partial charge in [-0.25, -0.2) is 4.39 Å². The molecule has 1 atom stereocenters. The lowest BCUT2D eigenvalue weighted by Crippen LogP contribution is -2.28. The molecule has 30 heavy (non-hydrogen) atoms. The second kappa shape index (κ2) is 7.48. The Morgan fingerprint density at radius 3 is 2.73 bits per heavy atom. The monoisotopic (exact) mass is 415 g/mol. The molecule has 3 aromatic rings. The number of nitriles is 1. The van der Waals surface area contributed by atoms with E-state index in [1.54, 1.807) is 18.2 Å². The molecule has 8 heteroatoms. The van der Waals surface area contributed by atoms with Gasteiger partial charge in [-0.2, -0.15) is 18.4 Å². The molecular formula is C22H17F4N3O. The van der Waals surface area contributed by atoms with Crippen molar-refractivity contribution in [3.8, 4) is 17.4 Å². The number of anilines is 1. The number of halogens is 4. The van der Waals surface area contributed by atoms with Gasteiger partial charge in [-0.15, -0.1) is 0 Å². The molecule has 0 spiro atoms. The smallest absolute Gasteiger partial charge is 0.362 e. The van der Waals surface area contributed by atoms with Crippen molar-refractivity contribution in [3.05, 3.63) is 70.4 Å². The van der Waals surface area contributed by atoms with Gasteiger partial charge in [0.05, 0.1) is 23.7 Å². The van der Waals surface area contributed by atoms with Crippen LogP contribution in [0.1, 0.15) is 34.9 Å². The number of hydrogen-bond donors (Lipinski definition) is 0. The molecule has 1 unspecified atom stereocenters. The van der Waals surface area contributed by atoms with Crippen molar-refractivity contribution in [2.24, 2.45) is 0 Å². The third kappa shape index (κ3) is 3.52. The van der Waals surface area contributed by atoms with E-state index in [-0.39, 0.29) is 17.4 Å². The molecule has 2 heterocycles. The molecular weight excluding hydrogens is 398 g/mol. The lowest BCUT2D eigenvalue weighted by atomic mass is 9.99. The van der Waals surface area contributed by atoms with E-state index in [9.17, 15) is 22.8 Å². The number of alkyl halides is 4. The Kier molecular flexibility index (Phi) is 4.98. The first-order chi connectivity index (χ1) is 14.3. The van der Waals surface area contributed by atoms with Gasteiger partial charge < -0.3 is 9.42 Å². The van der Waals surface area contributed by atoms with E-state index >= 15 is 0 Å². The molecule has 0 fully saturated rings. The van der Waals surface area contributed by atoms with Gasteiger partial charge in [0.1, 0.15) is 12.4 Å². The number of hydrogen-bond acceptors (Lipinski definition) is 4. The summed E-state index contributed by atoms with van der Waals surface area (Å²) in [6.07, 6.45) is -3.84. The third-order valence-electron chi connectivity index (χ3n) is 5.37. The molecule has 1 aliphatic rings. The summed E-state index contributed by atoms with van der Waals surface area (Å²) < 4.78 is 57.7. The van der Waals surface area contributed by atoms with Crippen LogP contribution in [0.5, 0.6) is 0 Å². The first kappa shape index (κ1) is 20.0. The van der Waals surface area contributed by atoms with E-state index in [0.717, 1.165) is 23.4 Å². The first-order valence-corrected chi connectivity index (χ1v) is 9.32. The number of benzene rings is 2. The Balaban J connectivity index is 1.61. The van der Waals surface area contributed by atoms with Crippen LogP contribution in [0.4, 0.5) is 23.2 Å². The summed E-state index contributed by atoms with van der Waals surface area (Å²) in [7, 11) is 0. The van der Waals surface area contributed by atoms with E-state index in [0.29, 0.717) is 29.8 Å². The quantitative estimate of drug-likeness (QED) is 0.517. The molecule has 4 nitrogen and oxygen atoms in total. The van der Waals surface area contributed by atoms with E-state index in [1.807, 2.05) is 17.9 Å². The van der Waals surface area contributed by atoms with Crippen LogP contribution in [-0.2, 0) is 25.8 Å². The minimum absolute atomic E-state index is 0.0490. The summed E-state index contributed by atoms with van der Waals surface area (Å²) in [6.45, 7) is 1.63. The van der Waals surface area contributed by atoms with E-state index < -0.39 is 18.4 Å². The summed E-state index contributed by atoms with van der Waals surface area (Å²) in [6, 6.07) is 12.0. The summed E-state index contributed by atoms with van der Waals surface area (Å²) in [5, 5.41) is 13.2. The Morgan fingerprint density at radius 1 is 1.23 bits per heavy atom. The van der Waals surface area contributed by atoms with Gasteiger partial charge in [-0.05, 0) is 43.2 Å². The van der Waals surface area contributed by atoms with Crippen LogP contribution in [-0.4, -0.2) is 11.2 Å². The van der Waals surface area contributed by atoms with Crippen molar-refractivity contribution < 1.29 is 22.1 Å². The molecule has 4 rings (SSSR count). The zero-order valence-corrected chi connectivity index (χ0v) is 16.0. The predicted octanol–water partition coefficient (Wildman–Crippen LogP) is 5.65. The highest BCUT2D eigenvalue weighted by Crippen LogP contribution is 2.38. The largest absolute Gasteiger partial charge is 0.416 e. The highest BCUT2D eigenvalue weighted by atomic mass is 19.4. The molecule has 0 saturated carbocycles. The second-order valence-electron chi connectivity index (χ2n) is 7.28. The van der Waals surface area contributed by atoms with Crippen LogP contribution in [0.2, 0.25) is 0 Å². The molecule has 0 N–H and O–H groups in total. The standard InChI is InChI=1S/C22H17F4N3O/c1-13-7-18-19(10-23)15(11-27)5-6-20(18)29(13)12-17-9-21(30-28-17)14-3-2-4-16(8-14)22(24,25)26/h2-6,8-9,13H,7,10,12H2,1H3. The topological polar surface area (TPSA) is 53.1 Å². The maximum Gasteiger partial charge on any atom is 0.416 e. The maximum atomic E-state index is 13.5. The van der Waals surface area contributed by atoms with Gasteiger partial charge in [0.2, 0.25) is 0 Å². The molecule has 0 radical (unpaired) electrons. The molecule has 0 amide bonds. The molecule has 0 aliphatic carbocycles. The van der Waals surface area contributed by atoms with Crippen molar-refractivity contribution in [2.45, 2.75) is 38.8 Å². The summed E-state index contributed by atoms with van der Waals surface area (Å²) >= 11 is 0. The lowest BCUT2D eigenvalue weighted by Gasteiger charge is -2.23. The zero-order valence-electron chi connectivity index (χ0n) is 16.0. The highest BCUT2D eigenvalue weighted by Gasteiger charge is 2.32. The van der Waals surface area contributed by atoms with Gasteiger partial charge in [-0.1, -0.05) is 17.3 Å². The van der Waals surface area contributed by atoms with Crippen LogP contribution >= 0.6 is 0 Å². The highest BCUT2D eigenvalue weighted by molar-refractivity contribution is 5.66. The SMILES string of the molecule is CC1Cc2c(ccc(C#N)c2CF)N1Cc1cc(-c2cccc(C(F)(F)F)c2)on1. The van der Waals surface area contributed by atoms with Crippen LogP contribution in [0.15, 0.2) is 47.0 Å². The summed E-state index contributed by atoms with van der Waals surface area (Å²) in [5.74, 6) is 0.243. The third-order valence-corrected chi connectivity index (χ3v) is 5.37. The van der Waals surface area contributed by atoms with Gasteiger partial charge >= 0.3 is 6.18 Å². The van der Waals surface area contributed by atoms with Crippen molar-refractivity contribution in [2.75, 3.05) is 4.90 Å². The number of fused-ring (bicyclic) bond motifs is 1. The normalized spacial score (nSPS) is 15.9. The Bertz CT molecular complexity index is 1130. The predicted molar refractivity (Wildman–Crippen MR) is 102 cm³/mol. The molecule has 1 aliphatic heterocycles. The Hall–Kier alpha value is -3.34. The number of rotatable bonds is 4. The second-order valence-corrected chi connectivity index (χ2v) is 7.28. The molecule has 0 bridgehead atoms. The van der Waals surface area contributed by atoms with Gasteiger partial charge in [0, 0.05) is 28.9 Å². The first-order valence-electron chi connectivity index (χ1n) is 9.32. The lowest BCUT2D eigenvalue weighted by molar-refractivity contribution is -0.137. The van der Waals surface area contributed by atoms with Gasteiger partial charge in [0.15, 0.2) is 5.76 Å². The summed E-state index contributed by atoms with van der Waals surface area (Å²) in [5.41, 5.74) is 2.47. The van der Waals surface area contributed by atoms with Crippen LogP contribution in [0, 0.1) is 11.3 Å². The van der Waals surface area contributed by atoms with E-state index in [2.05, 4.69) is 5.16 Å².